The summed E-state index contributed by atoms with van der Waals surface area (Å²) in [6.07, 6.45) is 3.57. The van der Waals surface area contributed by atoms with Gasteiger partial charge in [0.2, 0.25) is 0 Å². The van der Waals surface area contributed by atoms with Gasteiger partial charge in [-0.3, -0.25) is 9.78 Å². The number of rotatable bonds is 5. The molecule has 0 bridgehead atoms. The number of Topliss-reactive ketones (excluding diaryl/α,β-unsaturated/α-hetero) is 1. The van der Waals surface area contributed by atoms with Crippen LogP contribution in [0.5, 0.6) is 17.2 Å². The van der Waals surface area contributed by atoms with Crippen LogP contribution < -0.4 is 14.2 Å². The predicted octanol–water partition coefficient (Wildman–Crippen LogP) is 4.22. The van der Waals surface area contributed by atoms with Crippen LogP contribution in [0.1, 0.15) is 34.0 Å². The number of ketones is 1. The first kappa shape index (κ1) is 17.1. The molecule has 0 fully saturated rings. The molecule has 4 rings (SSSR count). The van der Waals surface area contributed by atoms with Gasteiger partial charge in [0.05, 0.1) is 19.3 Å². The van der Waals surface area contributed by atoms with Crippen LogP contribution in [0.15, 0.2) is 67.0 Å². The second-order valence-corrected chi connectivity index (χ2v) is 6.23. The summed E-state index contributed by atoms with van der Waals surface area (Å²) < 4.78 is 17.2. The molecular formula is C22H19NO4. The molecule has 27 heavy (non-hydrogen) atoms. The van der Waals surface area contributed by atoms with E-state index in [-0.39, 0.29) is 11.9 Å². The highest BCUT2D eigenvalue weighted by atomic mass is 16.5. The molecule has 0 amide bonds. The number of nitrogens with zero attached hydrogens (tertiary/aromatic N) is 1. The molecule has 5 heteroatoms. The van der Waals surface area contributed by atoms with E-state index in [1.165, 1.54) is 0 Å². The lowest BCUT2D eigenvalue weighted by atomic mass is 10.0. The van der Waals surface area contributed by atoms with Gasteiger partial charge in [0.25, 0.3) is 0 Å². The lowest BCUT2D eigenvalue weighted by Crippen LogP contribution is -2.15. The van der Waals surface area contributed by atoms with Gasteiger partial charge < -0.3 is 14.2 Å². The smallest absolute Gasteiger partial charge is 0.169 e. The Balaban J connectivity index is 1.68. The van der Waals surface area contributed by atoms with E-state index in [0.29, 0.717) is 30.1 Å². The Morgan fingerprint density at radius 3 is 2.41 bits per heavy atom. The SMILES string of the molecule is COc1ccc(C(Oc2ccc3c(c2)OCCC3=O)c2ccncc2)cc1. The van der Waals surface area contributed by atoms with E-state index in [0.717, 1.165) is 16.9 Å². The van der Waals surface area contributed by atoms with Crippen LogP contribution in [0.4, 0.5) is 0 Å². The fourth-order valence-corrected chi connectivity index (χ4v) is 3.10. The maximum absolute atomic E-state index is 12.0. The molecule has 1 aliphatic rings. The third-order valence-electron chi connectivity index (χ3n) is 4.52. The minimum atomic E-state index is -0.323. The van der Waals surface area contributed by atoms with Crippen molar-refractivity contribution in [2.24, 2.45) is 0 Å². The van der Waals surface area contributed by atoms with E-state index < -0.39 is 0 Å². The van der Waals surface area contributed by atoms with Crippen molar-refractivity contribution in [1.29, 1.82) is 0 Å². The van der Waals surface area contributed by atoms with Gasteiger partial charge in [-0.05, 0) is 47.5 Å². The van der Waals surface area contributed by atoms with E-state index >= 15 is 0 Å². The molecular weight excluding hydrogens is 342 g/mol. The topological polar surface area (TPSA) is 57.7 Å². The first-order chi connectivity index (χ1) is 13.2. The van der Waals surface area contributed by atoms with Crippen molar-refractivity contribution < 1.29 is 19.0 Å². The highest BCUT2D eigenvalue weighted by molar-refractivity contribution is 5.99. The third kappa shape index (κ3) is 3.62. The first-order valence-electron chi connectivity index (χ1n) is 8.75. The molecule has 0 aliphatic carbocycles. The molecule has 0 saturated carbocycles. The Morgan fingerprint density at radius 1 is 0.963 bits per heavy atom. The second kappa shape index (κ2) is 7.50. The molecule has 1 unspecified atom stereocenters. The normalized spacial score (nSPS) is 14.0. The summed E-state index contributed by atoms with van der Waals surface area (Å²) in [5.74, 6) is 2.10. The van der Waals surface area contributed by atoms with E-state index in [2.05, 4.69) is 4.98 Å². The van der Waals surface area contributed by atoms with Crippen molar-refractivity contribution >= 4 is 5.78 Å². The molecule has 2 aromatic carbocycles. The van der Waals surface area contributed by atoms with E-state index in [1.54, 1.807) is 31.6 Å². The predicted molar refractivity (Wildman–Crippen MR) is 101 cm³/mol. The summed E-state index contributed by atoms with van der Waals surface area (Å²) in [4.78, 5) is 16.1. The Bertz CT molecular complexity index is 938. The molecule has 2 heterocycles. The minimum absolute atomic E-state index is 0.101. The average molecular weight is 361 g/mol. The summed E-state index contributed by atoms with van der Waals surface area (Å²) in [5, 5.41) is 0. The molecule has 1 atom stereocenters. The summed E-state index contributed by atoms with van der Waals surface area (Å²) in [6, 6.07) is 17.0. The van der Waals surface area contributed by atoms with Gasteiger partial charge in [-0.25, -0.2) is 0 Å². The van der Waals surface area contributed by atoms with Crippen molar-refractivity contribution in [3.05, 3.63) is 83.7 Å². The molecule has 0 radical (unpaired) electrons. The molecule has 1 aromatic heterocycles. The van der Waals surface area contributed by atoms with Gasteiger partial charge in [-0.2, -0.15) is 0 Å². The number of aromatic nitrogens is 1. The first-order valence-corrected chi connectivity index (χ1v) is 8.75. The number of benzene rings is 2. The summed E-state index contributed by atoms with van der Waals surface area (Å²) in [7, 11) is 1.64. The van der Waals surface area contributed by atoms with Crippen LogP contribution in [0.2, 0.25) is 0 Å². The fourth-order valence-electron chi connectivity index (χ4n) is 3.10. The Labute approximate surface area is 157 Å². The maximum Gasteiger partial charge on any atom is 0.169 e. The van der Waals surface area contributed by atoms with Crippen molar-refractivity contribution in [3.8, 4) is 17.2 Å². The highest BCUT2D eigenvalue weighted by Crippen LogP contribution is 2.34. The van der Waals surface area contributed by atoms with E-state index in [9.17, 15) is 4.79 Å². The number of pyridine rings is 1. The van der Waals surface area contributed by atoms with Crippen molar-refractivity contribution in [2.45, 2.75) is 12.5 Å². The van der Waals surface area contributed by atoms with E-state index in [1.807, 2.05) is 42.5 Å². The number of hydrogen-bond donors (Lipinski definition) is 0. The third-order valence-corrected chi connectivity index (χ3v) is 4.52. The van der Waals surface area contributed by atoms with Gasteiger partial charge >= 0.3 is 0 Å². The monoisotopic (exact) mass is 361 g/mol. The van der Waals surface area contributed by atoms with Crippen LogP contribution in [-0.2, 0) is 0 Å². The molecule has 1 aliphatic heterocycles. The second-order valence-electron chi connectivity index (χ2n) is 6.23. The number of methoxy groups -OCH3 is 1. The fraction of sp³-hybridized carbons (Fsp3) is 0.182. The number of fused-ring (bicyclic) bond motifs is 1. The van der Waals surface area contributed by atoms with Crippen molar-refractivity contribution in [3.63, 3.8) is 0 Å². The Kier molecular flexibility index (Phi) is 4.75. The molecule has 3 aromatic rings. The van der Waals surface area contributed by atoms with Gasteiger partial charge in [0.1, 0.15) is 23.4 Å². The number of carbonyl (C=O) groups excluding carboxylic acids is 1. The van der Waals surface area contributed by atoms with Crippen molar-refractivity contribution in [1.82, 2.24) is 4.98 Å². The number of carbonyl (C=O) groups is 1. The number of ether oxygens (including phenoxy) is 3. The van der Waals surface area contributed by atoms with Gasteiger partial charge in [0, 0.05) is 24.9 Å². The van der Waals surface area contributed by atoms with Crippen LogP contribution in [0, 0.1) is 0 Å². The summed E-state index contributed by atoms with van der Waals surface area (Å²) >= 11 is 0. The van der Waals surface area contributed by atoms with E-state index in [4.69, 9.17) is 14.2 Å². The zero-order chi connectivity index (χ0) is 18.6. The molecule has 136 valence electrons. The van der Waals surface area contributed by atoms with Crippen LogP contribution in [0.25, 0.3) is 0 Å². The lowest BCUT2D eigenvalue weighted by molar-refractivity contribution is 0.0933. The molecule has 0 saturated heterocycles. The summed E-state index contributed by atoms with van der Waals surface area (Å²) in [6.45, 7) is 0.404. The van der Waals surface area contributed by atoms with Gasteiger partial charge in [-0.1, -0.05) is 12.1 Å². The standard InChI is InChI=1S/C22H19NO4/c1-25-17-4-2-15(3-5-17)22(16-8-11-23-12-9-16)27-18-6-7-19-20(24)10-13-26-21(19)14-18/h2-9,11-12,14,22H,10,13H2,1H3. The average Bonchev–Trinajstić information content (AvgIpc) is 2.73. The Hall–Kier alpha value is -3.34. The quantitative estimate of drug-likeness (QED) is 0.681. The molecule has 0 N–H and O–H groups in total. The zero-order valence-corrected chi connectivity index (χ0v) is 14.9. The lowest BCUT2D eigenvalue weighted by Gasteiger charge is -2.22. The van der Waals surface area contributed by atoms with Gasteiger partial charge in [0.15, 0.2) is 5.78 Å². The minimum Gasteiger partial charge on any atom is -0.497 e. The highest BCUT2D eigenvalue weighted by Gasteiger charge is 2.21. The largest absolute Gasteiger partial charge is 0.497 e. The van der Waals surface area contributed by atoms with Gasteiger partial charge in [-0.15, -0.1) is 0 Å². The molecule has 5 nitrogen and oxygen atoms in total. The number of hydrogen-bond acceptors (Lipinski definition) is 5. The summed E-state index contributed by atoms with van der Waals surface area (Å²) in [5.41, 5.74) is 2.57. The molecule has 0 spiro atoms. The maximum atomic E-state index is 12.0. The van der Waals surface area contributed by atoms with Crippen LogP contribution >= 0.6 is 0 Å². The zero-order valence-electron chi connectivity index (χ0n) is 14.9. The van der Waals surface area contributed by atoms with Crippen molar-refractivity contribution in [2.75, 3.05) is 13.7 Å². The Morgan fingerprint density at radius 2 is 1.67 bits per heavy atom. The van der Waals surface area contributed by atoms with Crippen LogP contribution in [-0.4, -0.2) is 24.5 Å². The van der Waals surface area contributed by atoms with Crippen LogP contribution in [0.3, 0.4) is 0 Å².